The Balaban J connectivity index is 1.83. The lowest BCUT2D eigenvalue weighted by molar-refractivity contribution is 0.0783. The smallest absolute Gasteiger partial charge is 0.257 e. The molecule has 0 fully saturated rings. The molecule has 0 radical (unpaired) electrons. The van der Waals surface area contributed by atoms with E-state index in [1.54, 1.807) is 29.9 Å². The first-order valence-corrected chi connectivity index (χ1v) is 8.98. The van der Waals surface area contributed by atoms with Gasteiger partial charge in [-0.25, -0.2) is 4.68 Å². The van der Waals surface area contributed by atoms with E-state index in [1.165, 1.54) is 0 Å². The van der Waals surface area contributed by atoms with Crippen LogP contribution in [0, 0.1) is 6.92 Å². The number of amides is 1. The Bertz CT molecular complexity index is 919. The van der Waals surface area contributed by atoms with Crippen LogP contribution in [0.2, 0.25) is 0 Å². The molecule has 5 nitrogen and oxygen atoms in total. The van der Waals surface area contributed by atoms with Gasteiger partial charge in [0.2, 0.25) is 0 Å². The average Bonchev–Trinajstić information content (AvgIpc) is 3.03. The predicted molar refractivity (Wildman–Crippen MR) is 105 cm³/mol. The second kappa shape index (κ2) is 7.74. The third-order valence-electron chi connectivity index (χ3n) is 4.26. The molecular weight excluding hydrogens is 394 g/mol. The average molecular weight is 414 g/mol. The van der Waals surface area contributed by atoms with Crippen molar-refractivity contribution in [3.05, 3.63) is 76.0 Å². The number of para-hydroxylation sites is 1. The zero-order valence-electron chi connectivity index (χ0n) is 14.9. The molecule has 6 heteroatoms. The number of methoxy groups -OCH3 is 1. The van der Waals surface area contributed by atoms with Gasteiger partial charge in [-0.15, -0.1) is 0 Å². The molecule has 0 unspecified atom stereocenters. The van der Waals surface area contributed by atoms with Crippen LogP contribution in [0.25, 0.3) is 5.69 Å². The number of aromatic nitrogens is 2. The van der Waals surface area contributed by atoms with Gasteiger partial charge < -0.3 is 9.64 Å². The van der Waals surface area contributed by atoms with E-state index in [9.17, 15) is 4.79 Å². The molecule has 0 saturated carbocycles. The molecule has 0 saturated heterocycles. The summed E-state index contributed by atoms with van der Waals surface area (Å²) in [6.07, 6.45) is 1.62. The fourth-order valence-corrected chi connectivity index (χ4v) is 3.09. The van der Waals surface area contributed by atoms with Crippen molar-refractivity contribution in [3.63, 3.8) is 0 Å². The van der Waals surface area contributed by atoms with E-state index in [0.29, 0.717) is 12.1 Å². The van der Waals surface area contributed by atoms with Gasteiger partial charge in [-0.1, -0.05) is 34.1 Å². The fourth-order valence-electron chi connectivity index (χ4n) is 2.83. The van der Waals surface area contributed by atoms with Crippen LogP contribution in [0.1, 0.15) is 21.6 Å². The molecule has 134 valence electrons. The minimum atomic E-state index is -0.0724. The van der Waals surface area contributed by atoms with Gasteiger partial charge in [-0.05, 0) is 37.3 Å². The normalized spacial score (nSPS) is 10.6. The molecule has 0 aliphatic heterocycles. The van der Waals surface area contributed by atoms with Crippen LogP contribution < -0.4 is 4.74 Å². The highest BCUT2D eigenvalue weighted by Gasteiger charge is 2.19. The van der Waals surface area contributed by atoms with Gasteiger partial charge in [0.05, 0.1) is 30.3 Å². The van der Waals surface area contributed by atoms with Crippen molar-refractivity contribution >= 4 is 21.8 Å². The van der Waals surface area contributed by atoms with Crippen molar-refractivity contribution in [3.8, 4) is 11.4 Å². The molecular formula is C20H20BrN3O2. The third-order valence-corrected chi connectivity index (χ3v) is 4.79. The summed E-state index contributed by atoms with van der Waals surface area (Å²) in [4.78, 5) is 14.6. The van der Waals surface area contributed by atoms with Gasteiger partial charge >= 0.3 is 0 Å². The topological polar surface area (TPSA) is 47.4 Å². The van der Waals surface area contributed by atoms with E-state index in [-0.39, 0.29) is 5.91 Å². The van der Waals surface area contributed by atoms with Gasteiger partial charge in [0.25, 0.3) is 5.91 Å². The Kier molecular flexibility index (Phi) is 5.42. The number of benzene rings is 2. The summed E-state index contributed by atoms with van der Waals surface area (Å²) in [7, 11) is 3.41. The van der Waals surface area contributed by atoms with Crippen LogP contribution in [0.3, 0.4) is 0 Å². The summed E-state index contributed by atoms with van der Waals surface area (Å²) in [5.74, 6) is 0.700. The van der Waals surface area contributed by atoms with E-state index in [0.717, 1.165) is 27.2 Å². The van der Waals surface area contributed by atoms with Crippen LogP contribution in [0.15, 0.2) is 59.2 Å². The molecule has 1 amide bonds. The number of carbonyl (C=O) groups excluding carboxylic acids is 1. The van der Waals surface area contributed by atoms with Crippen LogP contribution in [0.4, 0.5) is 0 Å². The second-order valence-electron chi connectivity index (χ2n) is 6.00. The van der Waals surface area contributed by atoms with Gasteiger partial charge in [0.1, 0.15) is 5.75 Å². The minimum absolute atomic E-state index is 0.0724. The minimum Gasteiger partial charge on any atom is -0.496 e. The summed E-state index contributed by atoms with van der Waals surface area (Å²) >= 11 is 3.43. The Morgan fingerprint density at radius 3 is 2.58 bits per heavy atom. The van der Waals surface area contributed by atoms with E-state index in [1.807, 2.05) is 55.5 Å². The maximum Gasteiger partial charge on any atom is 0.257 e. The van der Waals surface area contributed by atoms with Crippen LogP contribution in [-0.2, 0) is 6.54 Å². The van der Waals surface area contributed by atoms with Crippen molar-refractivity contribution in [2.24, 2.45) is 0 Å². The summed E-state index contributed by atoms with van der Waals surface area (Å²) < 4.78 is 8.14. The predicted octanol–water partition coefficient (Wildman–Crippen LogP) is 4.22. The van der Waals surface area contributed by atoms with Crippen molar-refractivity contribution in [2.45, 2.75) is 13.5 Å². The van der Waals surface area contributed by atoms with Gasteiger partial charge in [-0.2, -0.15) is 5.10 Å². The number of rotatable bonds is 5. The van der Waals surface area contributed by atoms with Crippen LogP contribution >= 0.6 is 15.9 Å². The molecule has 26 heavy (non-hydrogen) atoms. The number of ether oxygens (including phenoxy) is 1. The number of hydrogen-bond donors (Lipinski definition) is 0. The summed E-state index contributed by atoms with van der Waals surface area (Å²) in [6.45, 7) is 2.37. The highest BCUT2D eigenvalue weighted by molar-refractivity contribution is 9.10. The number of carbonyl (C=O) groups is 1. The lowest BCUT2D eigenvalue weighted by Gasteiger charge is -2.18. The Morgan fingerprint density at radius 2 is 1.88 bits per heavy atom. The first kappa shape index (κ1) is 18.2. The van der Waals surface area contributed by atoms with E-state index in [4.69, 9.17) is 4.74 Å². The maximum absolute atomic E-state index is 12.9. The lowest BCUT2D eigenvalue weighted by Crippen LogP contribution is -2.26. The molecule has 0 N–H and O–H groups in total. The standard InChI is InChI=1S/C20H20BrN3O2/c1-14-18(12-22-24(14)17-10-8-16(21)9-11-17)20(25)23(2)13-15-6-4-5-7-19(15)26-3/h4-12H,13H2,1-3H3. The molecule has 0 aliphatic rings. The quantitative estimate of drug-likeness (QED) is 0.628. The molecule has 1 heterocycles. The monoisotopic (exact) mass is 413 g/mol. The van der Waals surface area contributed by atoms with Gasteiger partial charge in [0, 0.05) is 23.6 Å². The number of nitrogens with zero attached hydrogens (tertiary/aromatic N) is 3. The first-order chi connectivity index (χ1) is 12.5. The maximum atomic E-state index is 12.9. The second-order valence-corrected chi connectivity index (χ2v) is 6.92. The molecule has 3 rings (SSSR count). The molecule has 0 aliphatic carbocycles. The largest absolute Gasteiger partial charge is 0.496 e. The zero-order chi connectivity index (χ0) is 18.7. The molecule has 0 bridgehead atoms. The third kappa shape index (κ3) is 3.65. The fraction of sp³-hybridized carbons (Fsp3) is 0.200. The van der Waals surface area contributed by atoms with Crippen molar-refractivity contribution in [2.75, 3.05) is 14.2 Å². The Morgan fingerprint density at radius 1 is 1.19 bits per heavy atom. The van der Waals surface area contributed by atoms with Crippen LogP contribution in [0.5, 0.6) is 5.75 Å². The van der Waals surface area contributed by atoms with Crippen molar-refractivity contribution in [1.82, 2.24) is 14.7 Å². The summed E-state index contributed by atoms with van der Waals surface area (Å²) in [6, 6.07) is 15.5. The molecule has 3 aromatic rings. The van der Waals surface area contributed by atoms with Crippen molar-refractivity contribution < 1.29 is 9.53 Å². The van der Waals surface area contributed by atoms with E-state index in [2.05, 4.69) is 21.0 Å². The zero-order valence-corrected chi connectivity index (χ0v) is 16.5. The van der Waals surface area contributed by atoms with Gasteiger partial charge in [-0.3, -0.25) is 4.79 Å². The summed E-state index contributed by atoms with van der Waals surface area (Å²) in [5, 5.41) is 4.39. The van der Waals surface area contributed by atoms with E-state index < -0.39 is 0 Å². The summed E-state index contributed by atoms with van der Waals surface area (Å²) in [5.41, 5.74) is 3.27. The Labute approximate surface area is 161 Å². The van der Waals surface area contributed by atoms with E-state index >= 15 is 0 Å². The lowest BCUT2D eigenvalue weighted by atomic mass is 10.1. The van der Waals surface area contributed by atoms with Gasteiger partial charge in [0.15, 0.2) is 0 Å². The molecule has 0 spiro atoms. The molecule has 0 atom stereocenters. The van der Waals surface area contributed by atoms with Crippen molar-refractivity contribution in [1.29, 1.82) is 0 Å². The number of halogens is 1. The first-order valence-electron chi connectivity index (χ1n) is 8.19. The highest BCUT2D eigenvalue weighted by atomic mass is 79.9. The Hall–Kier alpha value is -2.60. The molecule has 1 aromatic heterocycles. The van der Waals surface area contributed by atoms with Crippen LogP contribution in [-0.4, -0.2) is 34.7 Å². The molecule has 2 aromatic carbocycles. The number of hydrogen-bond acceptors (Lipinski definition) is 3. The highest BCUT2D eigenvalue weighted by Crippen LogP contribution is 2.21. The SMILES string of the molecule is COc1ccccc1CN(C)C(=O)c1cnn(-c2ccc(Br)cc2)c1C.